The van der Waals surface area contributed by atoms with E-state index in [2.05, 4.69) is 5.32 Å². The zero-order valence-electron chi connectivity index (χ0n) is 16.4. The van der Waals surface area contributed by atoms with Crippen LogP contribution in [0.2, 0.25) is 0 Å². The molecule has 0 unspecified atom stereocenters. The van der Waals surface area contributed by atoms with Crippen molar-refractivity contribution in [1.29, 1.82) is 5.41 Å². The first-order valence-corrected chi connectivity index (χ1v) is 9.14. The SMILES string of the molecule is CCOC(=O)COc1ccc(C(=O)[C@H](CO)NC(=O)c2ccc(C(=N)N)cc2)cc1. The Labute approximate surface area is 173 Å². The average molecular weight is 413 g/mol. The van der Waals surface area contributed by atoms with Crippen LogP contribution in [-0.4, -0.2) is 54.5 Å². The molecule has 1 atom stereocenters. The summed E-state index contributed by atoms with van der Waals surface area (Å²) in [5, 5.41) is 19.4. The monoisotopic (exact) mass is 413 g/mol. The van der Waals surface area contributed by atoms with Gasteiger partial charge in [0.2, 0.25) is 0 Å². The van der Waals surface area contributed by atoms with Gasteiger partial charge >= 0.3 is 5.97 Å². The normalized spacial score (nSPS) is 11.3. The number of benzene rings is 2. The van der Waals surface area contributed by atoms with Crippen LogP contribution in [0.5, 0.6) is 5.75 Å². The van der Waals surface area contributed by atoms with E-state index in [0.29, 0.717) is 11.3 Å². The van der Waals surface area contributed by atoms with Gasteiger partial charge in [-0.2, -0.15) is 0 Å². The van der Waals surface area contributed by atoms with Gasteiger partial charge in [-0.15, -0.1) is 0 Å². The van der Waals surface area contributed by atoms with Gasteiger partial charge < -0.3 is 25.6 Å². The second kappa shape index (κ2) is 10.7. The maximum Gasteiger partial charge on any atom is 0.344 e. The fourth-order valence-electron chi connectivity index (χ4n) is 2.50. The molecular formula is C21H23N3O6. The number of rotatable bonds is 10. The number of amides is 1. The third kappa shape index (κ3) is 6.14. The summed E-state index contributed by atoms with van der Waals surface area (Å²) in [6.45, 7) is 1.11. The molecule has 0 aliphatic rings. The van der Waals surface area contributed by atoms with Gasteiger partial charge in [0.15, 0.2) is 12.4 Å². The van der Waals surface area contributed by atoms with E-state index in [-0.39, 0.29) is 30.2 Å². The smallest absolute Gasteiger partial charge is 0.344 e. The number of aliphatic hydroxyl groups is 1. The summed E-state index contributed by atoms with van der Waals surface area (Å²) in [7, 11) is 0. The molecule has 0 saturated heterocycles. The van der Waals surface area contributed by atoms with E-state index in [1.54, 1.807) is 6.92 Å². The van der Waals surface area contributed by atoms with Crippen molar-refractivity contribution in [3.8, 4) is 5.75 Å². The number of ketones is 1. The van der Waals surface area contributed by atoms with E-state index >= 15 is 0 Å². The highest BCUT2D eigenvalue weighted by Gasteiger charge is 2.22. The van der Waals surface area contributed by atoms with Gasteiger partial charge in [-0.1, -0.05) is 12.1 Å². The summed E-state index contributed by atoms with van der Waals surface area (Å²) < 4.78 is 10.0. The Bertz CT molecular complexity index is 909. The van der Waals surface area contributed by atoms with Gasteiger partial charge in [-0.3, -0.25) is 15.0 Å². The summed E-state index contributed by atoms with van der Waals surface area (Å²) in [4.78, 5) is 36.3. The predicted molar refractivity (Wildman–Crippen MR) is 109 cm³/mol. The number of amidine groups is 1. The van der Waals surface area contributed by atoms with Gasteiger partial charge in [0.25, 0.3) is 5.91 Å². The molecule has 2 aromatic carbocycles. The summed E-state index contributed by atoms with van der Waals surface area (Å²) in [5.74, 6) is -1.29. The molecule has 0 spiro atoms. The van der Waals surface area contributed by atoms with E-state index < -0.39 is 30.3 Å². The van der Waals surface area contributed by atoms with Crippen LogP contribution < -0.4 is 15.8 Å². The molecule has 0 aromatic heterocycles. The first-order chi connectivity index (χ1) is 14.3. The first-order valence-electron chi connectivity index (χ1n) is 9.14. The first kappa shape index (κ1) is 22.6. The van der Waals surface area contributed by atoms with Crippen LogP contribution in [0, 0.1) is 5.41 Å². The standard InChI is InChI=1S/C21H23N3O6/c1-2-29-18(26)12-30-16-9-7-13(8-10-16)19(27)17(11-25)24-21(28)15-5-3-14(4-6-15)20(22)23/h3-10,17,25H,2,11-12H2,1H3,(H3,22,23)(H,24,28)/t17-/m0/s1. The molecule has 0 aliphatic heterocycles. The topological polar surface area (TPSA) is 152 Å². The van der Waals surface area contributed by atoms with Crippen LogP contribution in [-0.2, 0) is 9.53 Å². The lowest BCUT2D eigenvalue weighted by molar-refractivity contribution is -0.145. The molecule has 0 bridgehead atoms. The van der Waals surface area contributed by atoms with Crippen LogP contribution in [0.1, 0.15) is 33.2 Å². The Morgan fingerprint density at radius 1 is 1.03 bits per heavy atom. The Hall–Kier alpha value is -3.72. The lowest BCUT2D eigenvalue weighted by Crippen LogP contribution is -2.43. The van der Waals surface area contributed by atoms with Crippen LogP contribution in [0.3, 0.4) is 0 Å². The molecule has 5 N–H and O–H groups in total. The largest absolute Gasteiger partial charge is 0.482 e. The average Bonchev–Trinajstić information content (AvgIpc) is 2.76. The molecule has 30 heavy (non-hydrogen) atoms. The lowest BCUT2D eigenvalue weighted by atomic mass is 10.0. The Morgan fingerprint density at radius 2 is 1.60 bits per heavy atom. The molecule has 2 rings (SSSR count). The minimum Gasteiger partial charge on any atom is -0.482 e. The molecule has 0 radical (unpaired) electrons. The number of nitrogens with one attached hydrogen (secondary N) is 2. The summed E-state index contributed by atoms with van der Waals surface area (Å²) in [6, 6.07) is 10.8. The minimum absolute atomic E-state index is 0.125. The van der Waals surface area contributed by atoms with Crippen LogP contribution in [0.15, 0.2) is 48.5 Å². The molecule has 9 nitrogen and oxygen atoms in total. The number of aliphatic hydroxyl groups excluding tert-OH is 1. The van der Waals surface area contributed by atoms with Gasteiger partial charge in [-0.25, -0.2) is 4.79 Å². The van der Waals surface area contributed by atoms with Crippen LogP contribution in [0.4, 0.5) is 0 Å². The number of nitrogens with two attached hydrogens (primary N) is 1. The molecule has 0 fully saturated rings. The van der Waals surface area contributed by atoms with Gasteiger partial charge in [0.1, 0.15) is 17.6 Å². The van der Waals surface area contributed by atoms with E-state index in [0.717, 1.165) is 0 Å². The van der Waals surface area contributed by atoms with Crippen LogP contribution >= 0.6 is 0 Å². The van der Waals surface area contributed by atoms with E-state index in [4.69, 9.17) is 20.6 Å². The highest BCUT2D eigenvalue weighted by molar-refractivity contribution is 6.04. The number of nitrogen functional groups attached to an aromatic ring is 1. The lowest BCUT2D eigenvalue weighted by Gasteiger charge is -2.16. The predicted octanol–water partition coefficient (Wildman–Crippen LogP) is 0.886. The molecule has 1 amide bonds. The second-order valence-electron chi connectivity index (χ2n) is 6.18. The quantitative estimate of drug-likeness (QED) is 0.195. The highest BCUT2D eigenvalue weighted by atomic mass is 16.6. The van der Waals surface area contributed by atoms with Crippen molar-refractivity contribution in [2.75, 3.05) is 19.8 Å². The Kier molecular flexibility index (Phi) is 8.07. The number of ether oxygens (including phenoxy) is 2. The summed E-state index contributed by atoms with van der Waals surface area (Å²) >= 11 is 0. The van der Waals surface area contributed by atoms with Crippen molar-refractivity contribution in [3.63, 3.8) is 0 Å². The number of hydrogen-bond donors (Lipinski definition) is 4. The van der Waals surface area contributed by atoms with Crippen molar-refractivity contribution in [1.82, 2.24) is 5.32 Å². The maximum absolute atomic E-state index is 12.6. The highest BCUT2D eigenvalue weighted by Crippen LogP contribution is 2.14. The Morgan fingerprint density at radius 3 is 2.13 bits per heavy atom. The fraction of sp³-hybridized carbons (Fsp3) is 0.238. The zero-order valence-corrected chi connectivity index (χ0v) is 16.4. The molecule has 9 heteroatoms. The number of hydrogen-bond acceptors (Lipinski definition) is 7. The third-order valence-corrected chi connectivity index (χ3v) is 4.06. The molecular weight excluding hydrogens is 390 g/mol. The van der Waals surface area contributed by atoms with Crippen molar-refractivity contribution >= 4 is 23.5 Å². The summed E-state index contributed by atoms with van der Waals surface area (Å²) in [5.41, 5.74) is 6.35. The molecule has 0 saturated carbocycles. The van der Waals surface area contributed by atoms with Crippen molar-refractivity contribution < 1.29 is 29.0 Å². The molecule has 2 aromatic rings. The maximum atomic E-state index is 12.6. The fourth-order valence-corrected chi connectivity index (χ4v) is 2.50. The van der Waals surface area contributed by atoms with Crippen molar-refractivity contribution in [2.45, 2.75) is 13.0 Å². The van der Waals surface area contributed by atoms with Crippen molar-refractivity contribution in [3.05, 3.63) is 65.2 Å². The van der Waals surface area contributed by atoms with E-state index in [1.165, 1.54) is 48.5 Å². The number of esters is 1. The van der Waals surface area contributed by atoms with E-state index in [9.17, 15) is 19.5 Å². The summed E-state index contributed by atoms with van der Waals surface area (Å²) in [6.07, 6.45) is 0. The number of carbonyl (C=O) groups excluding carboxylic acids is 3. The van der Waals surface area contributed by atoms with Gasteiger partial charge in [0.05, 0.1) is 13.2 Å². The van der Waals surface area contributed by atoms with E-state index in [1.807, 2.05) is 0 Å². The number of Topliss-reactive ketones (excluding diaryl/α,β-unsaturated/α-hetero) is 1. The molecule has 0 heterocycles. The minimum atomic E-state index is -1.14. The second-order valence-corrected chi connectivity index (χ2v) is 6.18. The van der Waals surface area contributed by atoms with Gasteiger partial charge in [0, 0.05) is 16.7 Å². The van der Waals surface area contributed by atoms with Crippen molar-refractivity contribution in [2.24, 2.45) is 5.73 Å². The zero-order chi connectivity index (χ0) is 22.1. The number of carbonyl (C=O) groups is 3. The molecule has 158 valence electrons. The van der Waals surface area contributed by atoms with Gasteiger partial charge in [-0.05, 0) is 43.3 Å². The Balaban J connectivity index is 2.00. The van der Waals surface area contributed by atoms with Crippen LogP contribution in [0.25, 0.3) is 0 Å². The molecule has 0 aliphatic carbocycles. The third-order valence-electron chi connectivity index (χ3n) is 4.06.